The number of aliphatic hydroxyl groups is 1. The minimum Gasteiger partial charge on any atom is -0.392 e. The molecule has 0 bridgehead atoms. The van der Waals surface area contributed by atoms with E-state index in [9.17, 15) is 5.11 Å². The van der Waals surface area contributed by atoms with Crippen LogP contribution in [0.4, 0.5) is 0 Å². The second-order valence-electron chi connectivity index (χ2n) is 3.76. The van der Waals surface area contributed by atoms with Crippen LogP contribution in [0, 0.1) is 0 Å². The number of benzene rings is 1. The van der Waals surface area contributed by atoms with Crippen molar-refractivity contribution >= 4 is 23.2 Å². The predicted molar refractivity (Wildman–Crippen MR) is 64.5 cm³/mol. The summed E-state index contributed by atoms with van der Waals surface area (Å²) in [4.78, 5) is 2.00. The Hall–Kier alpha value is -0.280. The molecule has 1 atom stereocenters. The van der Waals surface area contributed by atoms with Gasteiger partial charge in [-0.15, -0.1) is 0 Å². The molecule has 0 saturated heterocycles. The SMILES string of the molecule is CC(O)CN(C)Cc1cccc(Cl)c1Cl. The molecule has 0 aromatic heterocycles. The molecule has 1 unspecified atom stereocenters. The maximum absolute atomic E-state index is 9.22. The summed E-state index contributed by atoms with van der Waals surface area (Å²) in [5.74, 6) is 0. The van der Waals surface area contributed by atoms with Crippen LogP contribution in [-0.2, 0) is 6.54 Å². The largest absolute Gasteiger partial charge is 0.392 e. The van der Waals surface area contributed by atoms with E-state index in [0.717, 1.165) is 5.56 Å². The van der Waals surface area contributed by atoms with Gasteiger partial charge in [0.1, 0.15) is 0 Å². The van der Waals surface area contributed by atoms with Gasteiger partial charge >= 0.3 is 0 Å². The van der Waals surface area contributed by atoms with Crippen molar-refractivity contribution in [1.29, 1.82) is 0 Å². The van der Waals surface area contributed by atoms with Crippen LogP contribution in [0.15, 0.2) is 18.2 Å². The van der Waals surface area contributed by atoms with E-state index in [4.69, 9.17) is 23.2 Å². The summed E-state index contributed by atoms with van der Waals surface area (Å²) in [5.41, 5.74) is 0.979. The molecule has 4 heteroatoms. The topological polar surface area (TPSA) is 23.5 Å². The molecule has 1 rings (SSSR count). The quantitative estimate of drug-likeness (QED) is 0.885. The molecule has 0 aliphatic rings. The lowest BCUT2D eigenvalue weighted by atomic mass is 10.2. The fourth-order valence-electron chi connectivity index (χ4n) is 1.48. The van der Waals surface area contributed by atoms with Crippen molar-refractivity contribution in [3.63, 3.8) is 0 Å². The van der Waals surface area contributed by atoms with Gasteiger partial charge in [-0.25, -0.2) is 0 Å². The summed E-state index contributed by atoms with van der Waals surface area (Å²) < 4.78 is 0. The lowest BCUT2D eigenvalue weighted by Crippen LogP contribution is -2.26. The molecule has 15 heavy (non-hydrogen) atoms. The smallest absolute Gasteiger partial charge is 0.0639 e. The molecule has 1 N–H and O–H groups in total. The predicted octanol–water partition coefficient (Wildman–Crippen LogP) is 2.81. The Morgan fingerprint density at radius 3 is 2.67 bits per heavy atom. The Bertz CT molecular complexity index is 328. The number of likely N-dealkylation sites (N-methyl/N-ethyl adjacent to an activating group) is 1. The lowest BCUT2D eigenvalue weighted by molar-refractivity contribution is 0.138. The van der Waals surface area contributed by atoms with Crippen molar-refractivity contribution in [2.45, 2.75) is 19.6 Å². The maximum atomic E-state index is 9.22. The first-order chi connectivity index (χ1) is 7.00. The second-order valence-corrected chi connectivity index (χ2v) is 4.54. The van der Waals surface area contributed by atoms with Gasteiger partial charge in [-0.3, -0.25) is 4.90 Å². The second kappa shape index (κ2) is 5.71. The van der Waals surface area contributed by atoms with Gasteiger partial charge in [-0.05, 0) is 25.6 Å². The lowest BCUT2D eigenvalue weighted by Gasteiger charge is -2.19. The molecule has 1 aromatic carbocycles. The van der Waals surface area contributed by atoms with Crippen molar-refractivity contribution in [2.75, 3.05) is 13.6 Å². The Balaban J connectivity index is 2.68. The van der Waals surface area contributed by atoms with E-state index in [1.54, 1.807) is 13.0 Å². The van der Waals surface area contributed by atoms with Gasteiger partial charge in [0.25, 0.3) is 0 Å². The van der Waals surface area contributed by atoms with E-state index >= 15 is 0 Å². The van der Waals surface area contributed by atoms with Gasteiger partial charge in [0.05, 0.1) is 16.1 Å². The van der Waals surface area contributed by atoms with Gasteiger partial charge in [-0.2, -0.15) is 0 Å². The molecule has 0 aliphatic heterocycles. The molecular weight excluding hydrogens is 233 g/mol. The van der Waals surface area contributed by atoms with Crippen molar-refractivity contribution < 1.29 is 5.11 Å². The normalized spacial score (nSPS) is 13.2. The van der Waals surface area contributed by atoms with E-state index in [1.807, 2.05) is 24.1 Å². The van der Waals surface area contributed by atoms with Crippen LogP contribution in [0.3, 0.4) is 0 Å². The third kappa shape index (κ3) is 3.99. The molecule has 0 fully saturated rings. The molecule has 1 aromatic rings. The minimum absolute atomic E-state index is 0.340. The van der Waals surface area contributed by atoms with Crippen LogP contribution in [-0.4, -0.2) is 29.7 Å². The summed E-state index contributed by atoms with van der Waals surface area (Å²) >= 11 is 12.0. The summed E-state index contributed by atoms with van der Waals surface area (Å²) in [6, 6.07) is 5.58. The molecule has 0 radical (unpaired) electrons. The number of hydrogen-bond donors (Lipinski definition) is 1. The van der Waals surface area contributed by atoms with Gasteiger partial charge in [0, 0.05) is 13.1 Å². The molecule has 0 heterocycles. The standard InChI is InChI=1S/C11H15Cl2NO/c1-8(15)6-14(2)7-9-4-3-5-10(12)11(9)13/h3-5,8,15H,6-7H2,1-2H3. The third-order valence-electron chi connectivity index (χ3n) is 2.05. The van der Waals surface area contributed by atoms with Crippen molar-refractivity contribution in [1.82, 2.24) is 4.90 Å². The Labute approximate surface area is 100 Å². The summed E-state index contributed by atoms with van der Waals surface area (Å²) in [6.45, 7) is 3.06. The molecule has 84 valence electrons. The van der Waals surface area contributed by atoms with E-state index in [-0.39, 0.29) is 6.10 Å². The molecule has 0 saturated carbocycles. The summed E-state index contributed by atoms with van der Waals surface area (Å²) in [6.07, 6.45) is -0.340. The van der Waals surface area contributed by atoms with Crippen LogP contribution in [0.5, 0.6) is 0 Å². The van der Waals surface area contributed by atoms with Crippen LogP contribution in [0.1, 0.15) is 12.5 Å². The highest BCUT2D eigenvalue weighted by Crippen LogP contribution is 2.26. The monoisotopic (exact) mass is 247 g/mol. The highest BCUT2D eigenvalue weighted by Gasteiger charge is 2.08. The van der Waals surface area contributed by atoms with Crippen LogP contribution < -0.4 is 0 Å². The number of aliphatic hydroxyl groups excluding tert-OH is 1. The number of halogens is 2. The molecular formula is C11H15Cl2NO. The van der Waals surface area contributed by atoms with E-state index in [0.29, 0.717) is 23.1 Å². The van der Waals surface area contributed by atoms with Crippen molar-refractivity contribution in [2.24, 2.45) is 0 Å². The Morgan fingerprint density at radius 2 is 2.07 bits per heavy atom. The van der Waals surface area contributed by atoms with Gasteiger partial charge in [0.15, 0.2) is 0 Å². The van der Waals surface area contributed by atoms with Gasteiger partial charge in [0.2, 0.25) is 0 Å². The molecule has 0 spiro atoms. The number of rotatable bonds is 4. The zero-order chi connectivity index (χ0) is 11.4. The van der Waals surface area contributed by atoms with Crippen molar-refractivity contribution in [3.05, 3.63) is 33.8 Å². The maximum Gasteiger partial charge on any atom is 0.0639 e. The summed E-state index contributed by atoms with van der Waals surface area (Å²) in [7, 11) is 1.93. The first-order valence-electron chi connectivity index (χ1n) is 4.80. The Kier molecular flexibility index (Phi) is 4.87. The zero-order valence-electron chi connectivity index (χ0n) is 8.87. The van der Waals surface area contributed by atoms with Crippen LogP contribution >= 0.6 is 23.2 Å². The highest BCUT2D eigenvalue weighted by molar-refractivity contribution is 6.42. The zero-order valence-corrected chi connectivity index (χ0v) is 10.4. The number of hydrogen-bond acceptors (Lipinski definition) is 2. The van der Waals surface area contributed by atoms with Crippen molar-refractivity contribution in [3.8, 4) is 0 Å². The van der Waals surface area contributed by atoms with Crippen LogP contribution in [0.2, 0.25) is 10.0 Å². The van der Waals surface area contributed by atoms with Gasteiger partial charge in [-0.1, -0.05) is 35.3 Å². The number of nitrogens with zero attached hydrogens (tertiary/aromatic N) is 1. The average Bonchev–Trinajstić information content (AvgIpc) is 2.11. The minimum atomic E-state index is -0.340. The third-order valence-corrected chi connectivity index (χ3v) is 2.91. The first-order valence-corrected chi connectivity index (χ1v) is 5.55. The van der Waals surface area contributed by atoms with E-state index < -0.39 is 0 Å². The van der Waals surface area contributed by atoms with Crippen LogP contribution in [0.25, 0.3) is 0 Å². The average molecular weight is 248 g/mol. The fraction of sp³-hybridized carbons (Fsp3) is 0.455. The highest BCUT2D eigenvalue weighted by atomic mass is 35.5. The molecule has 0 aliphatic carbocycles. The molecule has 2 nitrogen and oxygen atoms in total. The van der Waals surface area contributed by atoms with E-state index in [1.165, 1.54) is 0 Å². The summed E-state index contributed by atoms with van der Waals surface area (Å²) in [5, 5.41) is 10.4. The van der Waals surface area contributed by atoms with E-state index in [2.05, 4.69) is 0 Å². The molecule has 0 amide bonds. The van der Waals surface area contributed by atoms with Gasteiger partial charge < -0.3 is 5.11 Å². The first kappa shape index (κ1) is 12.8. The fourth-order valence-corrected chi connectivity index (χ4v) is 1.86. The Morgan fingerprint density at radius 1 is 1.40 bits per heavy atom.